The maximum atomic E-state index is 12.4. The van der Waals surface area contributed by atoms with Crippen LogP contribution in [0.5, 0.6) is 0 Å². The first-order valence-electron chi connectivity index (χ1n) is 10.4. The lowest BCUT2D eigenvalue weighted by Crippen LogP contribution is -2.33. The molecule has 158 valence electrons. The summed E-state index contributed by atoms with van der Waals surface area (Å²) in [5, 5.41) is 11.2. The number of carbonyl (C=O) groups is 2. The molecule has 0 fully saturated rings. The first-order valence-corrected chi connectivity index (χ1v) is 11.5. The zero-order chi connectivity index (χ0) is 20.5. The van der Waals surface area contributed by atoms with Gasteiger partial charge in [-0.3, -0.25) is 14.4 Å². The van der Waals surface area contributed by atoms with Crippen LogP contribution in [-0.2, 0) is 21.0 Å². The summed E-state index contributed by atoms with van der Waals surface area (Å²) in [7, 11) is 0. The molecule has 1 aromatic rings. The molecular weight excluding hydrogens is 422 g/mol. The van der Waals surface area contributed by atoms with Crippen LogP contribution in [-0.4, -0.2) is 33.9 Å². The van der Waals surface area contributed by atoms with E-state index in [1.165, 1.54) is 43.6 Å². The van der Waals surface area contributed by atoms with Crippen molar-refractivity contribution in [3.8, 4) is 0 Å². The van der Waals surface area contributed by atoms with E-state index in [2.05, 4.69) is 15.9 Å². The third-order valence-corrected chi connectivity index (χ3v) is 5.12. The third-order valence-electron chi connectivity index (χ3n) is 4.56. The highest BCUT2D eigenvalue weighted by Gasteiger charge is 2.15. The molecule has 28 heavy (non-hydrogen) atoms. The van der Waals surface area contributed by atoms with Crippen LogP contribution in [0.1, 0.15) is 76.2 Å². The third kappa shape index (κ3) is 12.9. The fourth-order valence-corrected chi connectivity index (χ4v) is 3.31. The molecular formula is C22H34BrNO4. The van der Waals surface area contributed by atoms with Crippen molar-refractivity contribution in [1.29, 1.82) is 0 Å². The van der Waals surface area contributed by atoms with Gasteiger partial charge in [0, 0.05) is 11.8 Å². The summed E-state index contributed by atoms with van der Waals surface area (Å²) >= 11 is 3.45. The van der Waals surface area contributed by atoms with E-state index in [1.807, 2.05) is 30.3 Å². The number of hydroxylamine groups is 2. The molecule has 1 amide bonds. The van der Waals surface area contributed by atoms with Gasteiger partial charge in [0.2, 0.25) is 5.91 Å². The van der Waals surface area contributed by atoms with E-state index in [1.54, 1.807) is 0 Å². The van der Waals surface area contributed by atoms with Crippen molar-refractivity contribution in [2.75, 3.05) is 11.9 Å². The molecule has 0 saturated carbocycles. The fraction of sp³-hybridized carbons (Fsp3) is 0.636. The van der Waals surface area contributed by atoms with Gasteiger partial charge in [0.1, 0.15) is 6.61 Å². The number of hydrogen-bond acceptors (Lipinski definition) is 3. The summed E-state index contributed by atoms with van der Waals surface area (Å²) in [6, 6.07) is 9.56. The van der Waals surface area contributed by atoms with E-state index in [-0.39, 0.29) is 25.5 Å². The van der Waals surface area contributed by atoms with Gasteiger partial charge in [-0.2, -0.15) is 0 Å². The summed E-state index contributed by atoms with van der Waals surface area (Å²) in [6.45, 7) is 0.344. The maximum Gasteiger partial charge on any atom is 0.305 e. The van der Waals surface area contributed by atoms with E-state index in [9.17, 15) is 9.59 Å². The Kier molecular flexibility index (Phi) is 14.6. The van der Waals surface area contributed by atoms with Gasteiger partial charge < -0.3 is 5.11 Å². The van der Waals surface area contributed by atoms with Crippen molar-refractivity contribution >= 4 is 27.8 Å². The van der Waals surface area contributed by atoms with Crippen LogP contribution < -0.4 is 0 Å². The Labute approximate surface area is 177 Å². The number of rotatable bonds is 17. The summed E-state index contributed by atoms with van der Waals surface area (Å²) in [4.78, 5) is 28.9. The average molecular weight is 456 g/mol. The Balaban J connectivity index is 2.21. The van der Waals surface area contributed by atoms with Gasteiger partial charge >= 0.3 is 5.97 Å². The number of aliphatic carboxylic acids is 1. The SMILES string of the molecule is O=C(O)CCN(OCc1ccccc1)C(=O)CCCCCCCCCCCBr. The Bertz CT molecular complexity index is 539. The predicted molar refractivity (Wildman–Crippen MR) is 115 cm³/mol. The lowest BCUT2D eigenvalue weighted by Gasteiger charge is -2.21. The summed E-state index contributed by atoms with van der Waals surface area (Å²) in [5.74, 6) is -1.07. The zero-order valence-corrected chi connectivity index (χ0v) is 18.4. The van der Waals surface area contributed by atoms with E-state index < -0.39 is 5.97 Å². The van der Waals surface area contributed by atoms with Gasteiger partial charge in [0.25, 0.3) is 0 Å². The normalized spacial score (nSPS) is 10.8. The first kappa shape index (κ1) is 24.6. The molecule has 0 unspecified atom stereocenters. The van der Waals surface area contributed by atoms with Crippen molar-refractivity contribution in [3.63, 3.8) is 0 Å². The molecule has 0 aliphatic rings. The molecule has 0 heterocycles. The number of amides is 1. The minimum Gasteiger partial charge on any atom is -0.481 e. The Morgan fingerprint density at radius 2 is 1.43 bits per heavy atom. The molecule has 0 bridgehead atoms. The maximum absolute atomic E-state index is 12.4. The van der Waals surface area contributed by atoms with Crippen molar-refractivity contribution < 1.29 is 19.5 Å². The largest absolute Gasteiger partial charge is 0.481 e. The summed E-state index contributed by atoms with van der Waals surface area (Å²) in [5.41, 5.74) is 0.951. The molecule has 0 spiro atoms. The van der Waals surface area contributed by atoms with Gasteiger partial charge in [-0.1, -0.05) is 91.2 Å². The molecule has 6 heteroatoms. The molecule has 0 aliphatic heterocycles. The first-order chi connectivity index (χ1) is 13.6. The van der Waals surface area contributed by atoms with Gasteiger partial charge in [-0.15, -0.1) is 0 Å². The number of nitrogens with zero attached hydrogens (tertiary/aromatic N) is 1. The minimum absolute atomic E-state index is 0.0788. The smallest absolute Gasteiger partial charge is 0.305 e. The van der Waals surface area contributed by atoms with Crippen molar-refractivity contribution in [3.05, 3.63) is 35.9 Å². The second-order valence-electron chi connectivity index (χ2n) is 7.02. The second kappa shape index (κ2) is 16.5. The zero-order valence-electron chi connectivity index (χ0n) is 16.8. The van der Waals surface area contributed by atoms with Gasteiger partial charge in [-0.05, 0) is 18.4 Å². The van der Waals surface area contributed by atoms with Crippen LogP contribution in [0.25, 0.3) is 0 Å². The lowest BCUT2D eigenvalue weighted by atomic mass is 10.1. The molecule has 0 atom stereocenters. The molecule has 0 saturated heterocycles. The topological polar surface area (TPSA) is 66.8 Å². The van der Waals surface area contributed by atoms with Crippen LogP contribution in [0, 0.1) is 0 Å². The summed E-state index contributed by atoms with van der Waals surface area (Å²) < 4.78 is 0. The molecule has 5 nitrogen and oxygen atoms in total. The number of hydrogen-bond donors (Lipinski definition) is 1. The number of carbonyl (C=O) groups excluding carboxylic acids is 1. The van der Waals surface area contributed by atoms with Crippen LogP contribution >= 0.6 is 15.9 Å². The second-order valence-corrected chi connectivity index (χ2v) is 7.81. The molecule has 0 radical (unpaired) electrons. The number of alkyl halides is 1. The molecule has 1 aromatic carbocycles. The minimum atomic E-state index is -0.933. The average Bonchev–Trinajstić information content (AvgIpc) is 2.70. The van der Waals surface area contributed by atoms with Crippen molar-refractivity contribution in [2.45, 2.75) is 77.2 Å². The molecule has 0 aliphatic carbocycles. The van der Waals surface area contributed by atoms with E-state index in [4.69, 9.17) is 9.94 Å². The Morgan fingerprint density at radius 3 is 2.00 bits per heavy atom. The molecule has 1 rings (SSSR count). The highest BCUT2D eigenvalue weighted by atomic mass is 79.9. The van der Waals surface area contributed by atoms with Crippen molar-refractivity contribution in [2.24, 2.45) is 0 Å². The van der Waals surface area contributed by atoms with Crippen LogP contribution in [0.15, 0.2) is 30.3 Å². The quantitative estimate of drug-likeness (QED) is 0.185. The standard InChI is InChI=1S/C22H34BrNO4/c23-17-12-7-5-3-1-2-4-6-11-15-21(25)24(18-16-22(26)27)28-19-20-13-9-8-10-14-20/h8-10,13-14H,1-7,11-12,15-19H2,(H,26,27). The van der Waals surface area contributed by atoms with Gasteiger partial charge in [0.15, 0.2) is 0 Å². The number of carboxylic acids is 1. The number of benzene rings is 1. The lowest BCUT2D eigenvalue weighted by molar-refractivity contribution is -0.193. The molecule has 1 N–H and O–H groups in total. The number of carboxylic acid groups (broad SMARTS) is 1. The van der Waals surface area contributed by atoms with Crippen LogP contribution in [0.4, 0.5) is 0 Å². The number of halogens is 1. The van der Waals surface area contributed by atoms with Crippen LogP contribution in [0.2, 0.25) is 0 Å². The van der Waals surface area contributed by atoms with Crippen molar-refractivity contribution in [1.82, 2.24) is 5.06 Å². The monoisotopic (exact) mass is 455 g/mol. The predicted octanol–water partition coefficient (Wildman–Crippen LogP) is 5.72. The Morgan fingerprint density at radius 1 is 0.857 bits per heavy atom. The van der Waals surface area contributed by atoms with E-state index in [0.29, 0.717) is 6.42 Å². The van der Waals surface area contributed by atoms with E-state index in [0.717, 1.165) is 30.2 Å². The fourth-order valence-electron chi connectivity index (χ4n) is 2.92. The van der Waals surface area contributed by atoms with Gasteiger partial charge in [-0.25, -0.2) is 5.06 Å². The number of unbranched alkanes of at least 4 members (excludes halogenated alkanes) is 8. The van der Waals surface area contributed by atoms with Crippen LogP contribution in [0.3, 0.4) is 0 Å². The highest BCUT2D eigenvalue weighted by molar-refractivity contribution is 9.09. The van der Waals surface area contributed by atoms with Gasteiger partial charge in [0.05, 0.1) is 13.0 Å². The van der Waals surface area contributed by atoms with E-state index >= 15 is 0 Å². The Hall–Kier alpha value is -1.40. The molecule has 0 aromatic heterocycles. The summed E-state index contributed by atoms with van der Waals surface area (Å²) in [6.07, 6.45) is 10.9. The highest BCUT2D eigenvalue weighted by Crippen LogP contribution is 2.12.